The van der Waals surface area contributed by atoms with Crippen molar-refractivity contribution in [3.63, 3.8) is 0 Å². The van der Waals surface area contributed by atoms with Crippen LogP contribution in [0.15, 0.2) is 16.8 Å². The number of nitrogens with one attached hydrogen (secondary N) is 1. The van der Waals surface area contributed by atoms with E-state index in [1.54, 1.807) is 10.7 Å². The molecule has 8 nitrogen and oxygen atoms in total. The Balaban J connectivity index is 1.59. The molecule has 2 saturated heterocycles. The standard InChI is InChI=1S/C17H20N6O2/c1-10-7-11(2)23-15(20-10)12(8-19-23)14-21-16(25-22-14)17-4-5-18-13(17)3-6-24-9-17/h7-8,13,18H,3-6,9H2,1-2H3/t13-,17-/m0/s1. The SMILES string of the molecule is Cc1cc(C)n2ncc(-c3noc([C@]45CCN[C@H]4CCOC5)n3)c2n1. The van der Waals surface area contributed by atoms with Crippen molar-refractivity contribution in [2.75, 3.05) is 19.8 Å². The predicted octanol–water partition coefficient (Wildman–Crippen LogP) is 1.42. The van der Waals surface area contributed by atoms with Gasteiger partial charge in [0.1, 0.15) is 0 Å². The smallest absolute Gasteiger partial charge is 0.237 e. The van der Waals surface area contributed by atoms with Crippen molar-refractivity contribution in [2.45, 2.75) is 38.1 Å². The summed E-state index contributed by atoms with van der Waals surface area (Å²) in [6.45, 7) is 6.32. The molecule has 8 heteroatoms. The van der Waals surface area contributed by atoms with E-state index in [0.29, 0.717) is 24.4 Å². The van der Waals surface area contributed by atoms with Gasteiger partial charge in [0.05, 0.1) is 23.8 Å². The highest BCUT2D eigenvalue weighted by Gasteiger charge is 2.50. The fourth-order valence-corrected chi connectivity index (χ4v) is 4.13. The van der Waals surface area contributed by atoms with Crippen molar-refractivity contribution in [3.05, 3.63) is 29.5 Å². The van der Waals surface area contributed by atoms with E-state index in [-0.39, 0.29) is 5.41 Å². The lowest BCUT2D eigenvalue weighted by molar-refractivity contribution is 0.0131. The predicted molar refractivity (Wildman–Crippen MR) is 89.3 cm³/mol. The fourth-order valence-electron chi connectivity index (χ4n) is 4.13. The lowest BCUT2D eigenvalue weighted by Gasteiger charge is -2.35. The van der Waals surface area contributed by atoms with E-state index in [9.17, 15) is 0 Å². The first-order chi connectivity index (χ1) is 12.2. The van der Waals surface area contributed by atoms with Crippen LogP contribution in [0.5, 0.6) is 0 Å². The summed E-state index contributed by atoms with van der Waals surface area (Å²) >= 11 is 0. The maximum Gasteiger partial charge on any atom is 0.237 e. The zero-order valence-corrected chi connectivity index (χ0v) is 14.3. The van der Waals surface area contributed by atoms with Gasteiger partial charge in [0.25, 0.3) is 0 Å². The van der Waals surface area contributed by atoms with Gasteiger partial charge in [-0.15, -0.1) is 0 Å². The Bertz CT molecular complexity index is 948. The highest BCUT2D eigenvalue weighted by Crippen LogP contribution is 2.39. The minimum absolute atomic E-state index is 0.217. The molecule has 3 aromatic heterocycles. The molecular weight excluding hydrogens is 320 g/mol. The summed E-state index contributed by atoms with van der Waals surface area (Å²) in [5.74, 6) is 1.19. The highest BCUT2D eigenvalue weighted by molar-refractivity contribution is 5.72. The van der Waals surface area contributed by atoms with Gasteiger partial charge in [-0.2, -0.15) is 10.1 Å². The number of hydrogen-bond donors (Lipinski definition) is 1. The summed E-state index contributed by atoms with van der Waals surface area (Å²) < 4.78 is 13.2. The quantitative estimate of drug-likeness (QED) is 0.754. The first kappa shape index (κ1) is 15.0. The average Bonchev–Trinajstić information content (AvgIpc) is 3.32. The molecular formula is C17H20N6O2. The molecule has 2 aliphatic rings. The number of aromatic nitrogens is 5. The van der Waals surface area contributed by atoms with Crippen molar-refractivity contribution in [2.24, 2.45) is 0 Å². The third-order valence-electron chi connectivity index (χ3n) is 5.41. The summed E-state index contributed by atoms with van der Waals surface area (Å²) in [6, 6.07) is 2.33. The van der Waals surface area contributed by atoms with Gasteiger partial charge in [-0.25, -0.2) is 9.50 Å². The summed E-state index contributed by atoms with van der Waals surface area (Å²) in [6.07, 6.45) is 3.67. The van der Waals surface area contributed by atoms with Gasteiger partial charge >= 0.3 is 0 Å². The molecule has 0 unspecified atom stereocenters. The Morgan fingerprint density at radius 3 is 3.16 bits per heavy atom. The van der Waals surface area contributed by atoms with Gasteiger partial charge in [-0.3, -0.25) is 0 Å². The number of nitrogens with zero attached hydrogens (tertiary/aromatic N) is 5. The van der Waals surface area contributed by atoms with Gasteiger partial charge in [-0.1, -0.05) is 5.16 Å². The molecule has 5 heterocycles. The molecule has 130 valence electrons. The Hall–Kier alpha value is -2.32. The van der Waals surface area contributed by atoms with Crippen LogP contribution in [0.3, 0.4) is 0 Å². The summed E-state index contributed by atoms with van der Waals surface area (Å²) in [5, 5.41) is 12.2. The van der Waals surface area contributed by atoms with Crippen LogP contribution >= 0.6 is 0 Å². The van der Waals surface area contributed by atoms with E-state index in [1.807, 2.05) is 19.9 Å². The number of ether oxygens (including phenoxy) is 1. The van der Waals surface area contributed by atoms with E-state index in [4.69, 9.17) is 14.2 Å². The van der Waals surface area contributed by atoms with Gasteiger partial charge < -0.3 is 14.6 Å². The molecule has 0 aromatic carbocycles. The van der Waals surface area contributed by atoms with Gasteiger partial charge in [0, 0.05) is 24.0 Å². The monoisotopic (exact) mass is 340 g/mol. The van der Waals surface area contributed by atoms with Gasteiger partial charge in [0.15, 0.2) is 5.65 Å². The zero-order valence-electron chi connectivity index (χ0n) is 14.3. The molecule has 0 radical (unpaired) electrons. The molecule has 5 rings (SSSR count). The van der Waals surface area contributed by atoms with Crippen LogP contribution in [-0.4, -0.2) is 50.5 Å². The normalized spacial score (nSPS) is 26.2. The summed E-state index contributed by atoms with van der Waals surface area (Å²) in [5.41, 5.74) is 3.29. The van der Waals surface area contributed by atoms with Crippen LogP contribution in [0.25, 0.3) is 17.0 Å². The lowest BCUT2D eigenvalue weighted by Crippen LogP contribution is -2.48. The molecule has 2 aliphatic heterocycles. The Morgan fingerprint density at radius 1 is 1.32 bits per heavy atom. The third kappa shape index (κ3) is 2.14. The van der Waals surface area contributed by atoms with Crippen LogP contribution in [0.4, 0.5) is 0 Å². The zero-order chi connectivity index (χ0) is 17.0. The molecule has 2 fully saturated rings. The number of hydrogen-bond acceptors (Lipinski definition) is 7. The molecule has 0 bridgehead atoms. The minimum atomic E-state index is -0.217. The van der Waals surface area contributed by atoms with E-state index >= 15 is 0 Å². The van der Waals surface area contributed by atoms with E-state index in [2.05, 4.69) is 20.6 Å². The van der Waals surface area contributed by atoms with Crippen molar-refractivity contribution in [3.8, 4) is 11.4 Å². The molecule has 0 aliphatic carbocycles. The molecule has 0 spiro atoms. The van der Waals surface area contributed by atoms with E-state index in [0.717, 1.165) is 48.6 Å². The first-order valence-corrected chi connectivity index (χ1v) is 8.65. The maximum atomic E-state index is 5.75. The molecule has 3 aromatic rings. The van der Waals surface area contributed by atoms with Crippen LogP contribution in [-0.2, 0) is 10.2 Å². The van der Waals surface area contributed by atoms with E-state index < -0.39 is 0 Å². The molecule has 2 atom stereocenters. The van der Waals surface area contributed by atoms with Crippen molar-refractivity contribution in [1.82, 2.24) is 30.1 Å². The molecule has 0 amide bonds. The Kier molecular flexibility index (Phi) is 3.20. The second-order valence-corrected chi connectivity index (χ2v) is 7.01. The van der Waals surface area contributed by atoms with Crippen molar-refractivity contribution < 1.29 is 9.26 Å². The largest absolute Gasteiger partial charge is 0.380 e. The van der Waals surface area contributed by atoms with Gasteiger partial charge in [-0.05, 0) is 39.3 Å². The maximum absolute atomic E-state index is 5.75. The van der Waals surface area contributed by atoms with Crippen molar-refractivity contribution in [1.29, 1.82) is 0 Å². The third-order valence-corrected chi connectivity index (χ3v) is 5.41. The second-order valence-electron chi connectivity index (χ2n) is 7.01. The van der Waals surface area contributed by atoms with E-state index in [1.165, 1.54) is 0 Å². The van der Waals surface area contributed by atoms with Gasteiger partial charge in [0.2, 0.25) is 11.7 Å². The fraction of sp³-hybridized carbons (Fsp3) is 0.529. The number of aryl methyl sites for hydroxylation is 2. The number of rotatable bonds is 2. The van der Waals surface area contributed by atoms with Crippen LogP contribution in [0.1, 0.15) is 30.1 Å². The van der Waals surface area contributed by atoms with Crippen LogP contribution in [0.2, 0.25) is 0 Å². The summed E-state index contributed by atoms with van der Waals surface area (Å²) in [4.78, 5) is 9.33. The summed E-state index contributed by atoms with van der Waals surface area (Å²) in [7, 11) is 0. The highest BCUT2D eigenvalue weighted by atomic mass is 16.5. The lowest BCUT2D eigenvalue weighted by atomic mass is 9.78. The topological polar surface area (TPSA) is 90.4 Å². The van der Waals surface area contributed by atoms with Crippen LogP contribution < -0.4 is 5.32 Å². The number of fused-ring (bicyclic) bond motifs is 2. The Morgan fingerprint density at radius 2 is 2.24 bits per heavy atom. The van der Waals surface area contributed by atoms with Crippen molar-refractivity contribution >= 4 is 5.65 Å². The Labute approximate surface area is 144 Å². The average molecular weight is 340 g/mol. The molecule has 1 N–H and O–H groups in total. The first-order valence-electron chi connectivity index (χ1n) is 8.65. The van der Waals surface area contributed by atoms with Crippen LogP contribution in [0, 0.1) is 13.8 Å². The molecule has 0 saturated carbocycles. The second kappa shape index (κ2) is 5.34. The molecule has 25 heavy (non-hydrogen) atoms. The minimum Gasteiger partial charge on any atom is -0.380 e.